The van der Waals surface area contributed by atoms with Crippen molar-refractivity contribution in [2.75, 3.05) is 39.2 Å². The molecule has 0 fully saturated rings. The summed E-state index contributed by atoms with van der Waals surface area (Å²) in [5.74, 6) is 0.338. The average Bonchev–Trinajstić information content (AvgIpc) is 2.65. The first kappa shape index (κ1) is 19.7. The first-order valence-corrected chi connectivity index (χ1v) is 8.61. The summed E-state index contributed by atoms with van der Waals surface area (Å²) in [6.45, 7) is 1.05. The van der Waals surface area contributed by atoms with E-state index in [1.165, 1.54) is 6.07 Å². The Morgan fingerprint density at radius 3 is 2.46 bits per heavy atom. The van der Waals surface area contributed by atoms with Gasteiger partial charge < -0.3 is 20.6 Å². The maximum absolute atomic E-state index is 14.1. The standard InChI is InChI=1S/C20H27FN4O/c1-22-20(24-13-17(14-26)16-7-5-4-6-8-16)23-12-15-9-10-19(25(2)3)18(21)11-15/h4-11,17,26H,12-14H2,1-3H3,(H2,22,23,24). The van der Waals surface area contributed by atoms with Crippen molar-refractivity contribution in [2.45, 2.75) is 12.5 Å². The highest BCUT2D eigenvalue weighted by Crippen LogP contribution is 2.18. The average molecular weight is 358 g/mol. The summed E-state index contributed by atoms with van der Waals surface area (Å²) in [7, 11) is 5.31. The number of anilines is 1. The Bertz CT molecular complexity index is 719. The molecular weight excluding hydrogens is 331 g/mol. The molecule has 0 aliphatic heterocycles. The molecule has 2 rings (SSSR count). The molecule has 0 saturated carbocycles. The van der Waals surface area contributed by atoms with Gasteiger partial charge in [0, 0.05) is 40.2 Å². The highest BCUT2D eigenvalue weighted by molar-refractivity contribution is 5.79. The fourth-order valence-corrected chi connectivity index (χ4v) is 2.66. The van der Waals surface area contributed by atoms with Crippen LogP contribution in [0.25, 0.3) is 0 Å². The number of aliphatic hydroxyl groups excluding tert-OH is 1. The van der Waals surface area contributed by atoms with Gasteiger partial charge in [0.15, 0.2) is 5.96 Å². The predicted octanol–water partition coefficient (Wildman–Crippen LogP) is 2.33. The maximum Gasteiger partial charge on any atom is 0.191 e. The second kappa shape index (κ2) is 9.77. The quantitative estimate of drug-likeness (QED) is 0.525. The van der Waals surface area contributed by atoms with Crippen LogP contribution in [0.4, 0.5) is 10.1 Å². The van der Waals surface area contributed by atoms with Gasteiger partial charge in [0.2, 0.25) is 0 Å². The fraction of sp³-hybridized carbons (Fsp3) is 0.350. The highest BCUT2D eigenvalue weighted by Gasteiger charge is 2.11. The predicted molar refractivity (Wildman–Crippen MR) is 105 cm³/mol. The molecule has 0 aromatic heterocycles. The number of hydrogen-bond acceptors (Lipinski definition) is 3. The van der Waals surface area contributed by atoms with Crippen LogP contribution in [-0.4, -0.2) is 45.4 Å². The van der Waals surface area contributed by atoms with Crippen molar-refractivity contribution >= 4 is 11.6 Å². The Morgan fingerprint density at radius 1 is 1.15 bits per heavy atom. The molecule has 26 heavy (non-hydrogen) atoms. The van der Waals surface area contributed by atoms with Gasteiger partial charge in [-0.3, -0.25) is 4.99 Å². The molecule has 2 aromatic rings. The number of hydrogen-bond donors (Lipinski definition) is 3. The van der Waals surface area contributed by atoms with Gasteiger partial charge in [-0.2, -0.15) is 0 Å². The Labute approximate surface area is 154 Å². The molecule has 0 aliphatic carbocycles. The van der Waals surface area contributed by atoms with Crippen LogP contribution in [-0.2, 0) is 6.54 Å². The van der Waals surface area contributed by atoms with E-state index in [-0.39, 0.29) is 18.3 Å². The monoisotopic (exact) mass is 358 g/mol. The third-order valence-electron chi connectivity index (χ3n) is 4.18. The zero-order valence-corrected chi connectivity index (χ0v) is 15.5. The smallest absolute Gasteiger partial charge is 0.191 e. The van der Waals surface area contributed by atoms with Crippen molar-refractivity contribution in [3.8, 4) is 0 Å². The number of aliphatic hydroxyl groups is 1. The van der Waals surface area contributed by atoms with Crippen LogP contribution in [0.5, 0.6) is 0 Å². The van der Waals surface area contributed by atoms with Gasteiger partial charge in [0.1, 0.15) is 5.82 Å². The van der Waals surface area contributed by atoms with Crippen LogP contribution in [0.2, 0.25) is 0 Å². The van der Waals surface area contributed by atoms with E-state index in [0.717, 1.165) is 11.1 Å². The van der Waals surface area contributed by atoms with Crippen molar-refractivity contribution in [1.29, 1.82) is 0 Å². The van der Waals surface area contributed by atoms with Gasteiger partial charge in [0.25, 0.3) is 0 Å². The second-order valence-electron chi connectivity index (χ2n) is 6.28. The molecule has 2 aromatic carbocycles. The summed E-state index contributed by atoms with van der Waals surface area (Å²) in [5.41, 5.74) is 2.46. The summed E-state index contributed by atoms with van der Waals surface area (Å²) in [5, 5.41) is 16.0. The minimum absolute atomic E-state index is 0.0217. The molecule has 0 aliphatic rings. The van der Waals surface area contributed by atoms with Crippen LogP contribution in [0.3, 0.4) is 0 Å². The minimum Gasteiger partial charge on any atom is -0.396 e. The number of nitrogens with one attached hydrogen (secondary N) is 2. The Balaban J connectivity index is 1.90. The lowest BCUT2D eigenvalue weighted by molar-refractivity contribution is 0.265. The molecule has 3 N–H and O–H groups in total. The Hall–Kier alpha value is -2.60. The molecule has 0 bridgehead atoms. The Morgan fingerprint density at radius 2 is 1.88 bits per heavy atom. The van der Waals surface area contributed by atoms with Crippen LogP contribution in [0.15, 0.2) is 53.5 Å². The molecule has 140 valence electrons. The number of halogens is 1. The van der Waals surface area contributed by atoms with Gasteiger partial charge in [0.05, 0.1) is 12.3 Å². The normalized spacial score (nSPS) is 12.6. The third-order valence-corrected chi connectivity index (χ3v) is 4.18. The molecule has 0 radical (unpaired) electrons. The van der Waals surface area contributed by atoms with Gasteiger partial charge in [-0.1, -0.05) is 36.4 Å². The highest BCUT2D eigenvalue weighted by atomic mass is 19.1. The molecule has 1 unspecified atom stereocenters. The zero-order chi connectivity index (χ0) is 18.9. The molecule has 0 heterocycles. The fourth-order valence-electron chi connectivity index (χ4n) is 2.66. The molecule has 1 atom stereocenters. The molecule has 0 amide bonds. The van der Waals surface area contributed by atoms with E-state index < -0.39 is 0 Å². The lowest BCUT2D eigenvalue weighted by atomic mass is 10.0. The number of rotatable bonds is 7. The van der Waals surface area contributed by atoms with Crippen molar-refractivity contribution in [3.63, 3.8) is 0 Å². The number of guanidine groups is 1. The molecule has 6 heteroatoms. The summed E-state index contributed by atoms with van der Waals surface area (Å²) in [4.78, 5) is 5.92. The first-order valence-electron chi connectivity index (χ1n) is 8.61. The summed E-state index contributed by atoms with van der Waals surface area (Å²) in [6.07, 6.45) is 0. The number of aliphatic imine (C=N–C) groups is 1. The topological polar surface area (TPSA) is 59.9 Å². The minimum atomic E-state index is -0.248. The molecule has 0 saturated heterocycles. The van der Waals surface area contributed by atoms with Crippen LogP contribution in [0.1, 0.15) is 17.0 Å². The van der Waals surface area contributed by atoms with E-state index in [1.54, 1.807) is 18.0 Å². The Kier molecular flexibility index (Phi) is 7.41. The van der Waals surface area contributed by atoms with Gasteiger partial charge >= 0.3 is 0 Å². The molecule has 0 spiro atoms. The van der Waals surface area contributed by atoms with E-state index in [4.69, 9.17) is 0 Å². The van der Waals surface area contributed by atoms with E-state index in [0.29, 0.717) is 24.7 Å². The number of benzene rings is 2. The lowest BCUT2D eigenvalue weighted by Crippen LogP contribution is -2.39. The van der Waals surface area contributed by atoms with E-state index >= 15 is 0 Å². The zero-order valence-electron chi connectivity index (χ0n) is 15.5. The van der Waals surface area contributed by atoms with Crippen molar-refractivity contribution < 1.29 is 9.50 Å². The molecule has 5 nitrogen and oxygen atoms in total. The van der Waals surface area contributed by atoms with Gasteiger partial charge in [-0.05, 0) is 23.3 Å². The maximum atomic E-state index is 14.1. The van der Waals surface area contributed by atoms with Gasteiger partial charge in [-0.25, -0.2) is 4.39 Å². The second-order valence-corrected chi connectivity index (χ2v) is 6.28. The van der Waals surface area contributed by atoms with Crippen LogP contribution >= 0.6 is 0 Å². The van der Waals surface area contributed by atoms with E-state index in [2.05, 4.69) is 15.6 Å². The summed E-state index contributed by atoms with van der Waals surface area (Å²) >= 11 is 0. The van der Waals surface area contributed by atoms with Crippen molar-refractivity contribution in [2.24, 2.45) is 4.99 Å². The number of nitrogens with zero attached hydrogens (tertiary/aromatic N) is 2. The molecular formula is C20H27FN4O. The first-order chi connectivity index (χ1) is 12.5. The largest absolute Gasteiger partial charge is 0.396 e. The summed E-state index contributed by atoms with van der Waals surface area (Å²) in [6, 6.07) is 15.0. The van der Waals surface area contributed by atoms with Gasteiger partial charge in [-0.15, -0.1) is 0 Å². The third kappa shape index (κ3) is 5.46. The van der Waals surface area contributed by atoms with E-state index in [1.807, 2.05) is 50.5 Å². The van der Waals surface area contributed by atoms with E-state index in [9.17, 15) is 9.50 Å². The SMILES string of the molecule is CN=C(NCc1ccc(N(C)C)c(F)c1)NCC(CO)c1ccccc1. The van der Waals surface area contributed by atoms with Crippen molar-refractivity contribution in [1.82, 2.24) is 10.6 Å². The van der Waals surface area contributed by atoms with Crippen molar-refractivity contribution in [3.05, 3.63) is 65.5 Å². The van der Waals surface area contributed by atoms with Crippen LogP contribution in [0, 0.1) is 5.82 Å². The van der Waals surface area contributed by atoms with Crippen LogP contribution < -0.4 is 15.5 Å². The lowest BCUT2D eigenvalue weighted by Gasteiger charge is -2.18. The summed E-state index contributed by atoms with van der Waals surface area (Å²) < 4.78 is 14.1.